The number of rotatable bonds is 12. The van der Waals surface area contributed by atoms with E-state index in [1.54, 1.807) is 0 Å². The van der Waals surface area contributed by atoms with Crippen molar-refractivity contribution in [1.29, 1.82) is 0 Å². The van der Waals surface area contributed by atoms with Crippen molar-refractivity contribution in [1.82, 2.24) is 20.7 Å². The van der Waals surface area contributed by atoms with Crippen LogP contribution in [-0.2, 0) is 0 Å². The molecule has 0 spiro atoms. The molecule has 2 saturated heterocycles. The topological polar surface area (TPSA) is 72.3 Å². The van der Waals surface area contributed by atoms with Gasteiger partial charge in [0.2, 0.25) is 0 Å². The number of aryl methyl sites for hydroxylation is 2. The monoisotopic (exact) mass is 624 g/mol. The lowest BCUT2D eigenvalue weighted by atomic mass is 9.85. The number of benzene rings is 2. The molecule has 4 rings (SSSR count). The second-order valence-electron chi connectivity index (χ2n) is 14.5. The number of hydrogen-bond donors (Lipinski definition) is 2. The van der Waals surface area contributed by atoms with Gasteiger partial charge >= 0.3 is 6.03 Å². The zero-order valence-electron chi connectivity index (χ0n) is 29.1. The van der Waals surface area contributed by atoms with E-state index in [1.807, 2.05) is 12.2 Å². The van der Waals surface area contributed by atoms with Gasteiger partial charge in [-0.2, -0.15) is 10.2 Å². The number of hydrogen-bond acceptors (Lipinski definition) is 5. The van der Waals surface area contributed by atoms with E-state index in [0.717, 1.165) is 61.8 Å². The molecule has 2 amide bonds. The molecule has 2 heterocycles. The SMILES string of the molecule is Cc1ccc(/C=C/C(=N/NC(=O)N/N=C(/C=C/c2ccc(C)cc2)C(C)(C)CN2CCCCC2)C(C)(C)CN2CCCCC2)cc1. The van der Waals surface area contributed by atoms with E-state index in [9.17, 15) is 4.79 Å². The lowest BCUT2D eigenvalue weighted by molar-refractivity contribution is 0.186. The van der Waals surface area contributed by atoms with E-state index >= 15 is 0 Å². The van der Waals surface area contributed by atoms with Crippen molar-refractivity contribution in [2.75, 3.05) is 39.3 Å². The summed E-state index contributed by atoms with van der Waals surface area (Å²) in [7, 11) is 0. The molecule has 2 aliphatic rings. The van der Waals surface area contributed by atoms with Gasteiger partial charge in [-0.25, -0.2) is 15.6 Å². The van der Waals surface area contributed by atoms with Crippen LogP contribution >= 0.6 is 0 Å². The van der Waals surface area contributed by atoms with E-state index in [-0.39, 0.29) is 10.8 Å². The van der Waals surface area contributed by atoms with Crippen molar-refractivity contribution < 1.29 is 4.79 Å². The van der Waals surface area contributed by atoms with Crippen molar-refractivity contribution in [2.24, 2.45) is 21.0 Å². The summed E-state index contributed by atoms with van der Waals surface area (Å²) < 4.78 is 0. The maximum Gasteiger partial charge on any atom is 0.355 e. The Hall–Kier alpha value is -3.55. The van der Waals surface area contributed by atoms with Crippen LogP contribution in [0.5, 0.6) is 0 Å². The average molecular weight is 625 g/mol. The van der Waals surface area contributed by atoms with E-state index < -0.39 is 6.03 Å². The number of carbonyl (C=O) groups is 1. The third kappa shape index (κ3) is 11.4. The van der Waals surface area contributed by atoms with Crippen molar-refractivity contribution in [2.45, 2.75) is 80.1 Å². The number of amides is 2. The van der Waals surface area contributed by atoms with Gasteiger partial charge in [-0.15, -0.1) is 0 Å². The van der Waals surface area contributed by atoms with Crippen LogP contribution in [-0.4, -0.2) is 66.5 Å². The number of nitrogens with zero attached hydrogens (tertiary/aromatic N) is 4. The minimum absolute atomic E-state index is 0.270. The van der Waals surface area contributed by atoms with Gasteiger partial charge in [0.15, 0.2) is 0 Å². The molecule has 2 aromatic carbocycles. The summed E-state index contributed by atoms with van der Waals surface area (Å²) >= 11 is 0. The van der Waals surface area contributed by atoms with E-state index in [2.05, 4.69) is 133 Å². The molecule has 46 heavy (non-hydrogen) atoms. The Bertz CT molecular complexity index is 1270. The number of likely N-dealkylation sites (tertiary alicyclic amines) is 2. The van der Waals surface area contributed by atoms with Crippen molar-refractivity contribution in [3.63, 3.8) is 0 Å². The van der Waals surface area contributed by atoms with Crippen LogP contribution in [0.1, 0.15) is 88.5 Å². The molecule has 0 atom stereocenters. The summed E-state index contributed by atoms with van der Waals surface area (Å²) in [5.41, 5.74) is 11.3. The molecule has 7 heteroatoms. The number of allylic oxidation sites excluding steroid dienone is 2. The van der Waals surface area contributed by atoms with Crippen molar-refractivity contribution >= 4 is 29.6 Å². The number of carbonyl (C=O) groups excluding carboxylic acids is 1. The minimum Gasteiger partial charge on any atom is -0.302 e. The molecule has 2 N–H and O–H groups in total. The number of hydrazone groups is 2. The van der Waals surface area contributed by atoms with Gasteiger partial charge in [0.05, 0.1) is 11.4 Å². The summed E-state index contributed by atoms with van der Waals surface area (Å²) in [5.74, 6) is 0. The number of piperidine rings is 2. The molecule has 0 aromatic heterocycles. The largest absolute Gasteiger partial charge is 0.355 e. The predicted octanol–water partition coefficient (Wildman–Crippen LogP) is 8.07. The Morgan fingerprint density at radius 3 is 1.33 bits per heavy atom. The Labute approximate surface area is 277 Å². The molecule has 2 aromatic rings. The van der Waals surface area contributed by atoms with E-state index in [0.29, 0.717) is 0 Å². The third-order valence-electron chi connectivity index (χ3n) is 9.10. The highest BCUT2D eigenvalue weighted by Gasteiger charge is 2.29. The third-order valence-corrected chi connectivity index (χ3v) is 9.10. The normalized spacial score (nSPS) is 18.0. The average Bonchev–Trinajstić information content (AvgIpc) is 3.03. The Morgan fingerprint density at radius 1 is 0.630 bits per heavy atom. The molecule has 7 nitrogen and oxygen atoms in total. The van der Waals surface area contributed by atoms with Gasteiger partial charge in [-0.3, -0.25) is 0 Å². The van der Waals surface area contributed by atoms with Crippen LogP contribution in [0.2, 0.25) is 0 Å². The standard InChI is InChI=1S/C39H56N6O/c1-31-13-17-33(18-14-31)21-23-35(38(3,4)29-44-25-9-7-10-26-44)40-42-37(46)43-41-36(24-22-34-19-15-32(2)16-20-34)39(5,6)30-45-27-11-8-12-28-45/h13-24H,7-12,25-30H2,1-6H3,(H2,42,43,46)/b23-21+,24-22+,40-35-,41-36-. The fourth-order valence-corrected chi connectivity index (χ4v) is 6.30. The summed E-state index contributed by atoms with van der Waals surface area (Å²) in [6.45, 7) is 19.2. The van der Waals surface area contributed by atoms with Gasteiger partial charge in [0, 0.05) is 23.9 Å². The molecule has 0 bridgehead atoms. The molecule has 0 radical (unpaired) electrons. The zero-order chi connectivity index (χ0) is 33.0. The maximum absolute atomic E-state index is 13.2. The fraction of sp³-hybridized carbons (Fsp3) is 0.513. The molecular weight excluding hydrogens is 568 g/mol. The highest BCUT2D eigenvalue weighted by Crippen LogP contribution is 2.25. The first-order chi connectivity index (χ1) is 22.0. The minimum atomic E-state index is -0.454. The number of urea groups is 1. The Balaban J connectivity index is 1.53. The molecule has 0 unspecified atom stereocenters. The maximum atomic E-state index is 13.2. The lowest BCUT2D eigenvalue weighted by Gasteiger charge is -2.35. The fourth-order valence-electron chi connectivity index (χ4n) is 6.30. The first kappa shape index (κ1) is 35.3. The molecular formula is C39H56N6O. The van der Waals surface area contributed by atoms with Crippen LogP contribution in [0.25, 0.3) is 12.2 Å². The quantitative estimate of drug-likeness (QED) is 0.185. The summed E-state index contributed by atoms with van der Waals surface area (Å²) in [6, 6.07) is 16.4. The molecule has 2 aliphatic heterocycles. The smallest absolute Gasteiger partial charge is 0.302 e. The van der Waals surface area contributed by atoms with Crippen LogP contribution < -0.4 is 10.9 Å². The van der Waals surface area contributed by atoms with Crippen molar-refractivity contribution in [3.05, 3.63) is 82.9 Å². The van der Waals surface area contributed by atoms with Crippen LogP contribution in [0.15, 0.2) is 70.9 Å². The lowest BCUT2D eigenvalue weighted by Crippen LogP contribution is -2.43. The predicted molar refractivity (Wildman–Crippen MR) is 195 cm³/mol. The van der Waals surface area contributed by atoms with Gasteiger partial charge in [-0.1, -0.05) is 112 Å². The Morgan fingerprint density at radius 2 is 0.978 bits per heavy atom. The van der Waals surface area contributed by atoms with Crippen LogP contribution in [0, 0.1) is 24.7 Å². The molecule has 248 valence electrons. The second-order valence-corrected chi connectivity index (χ2v) is 14.5. The molecule has 0 saturated carbocycles. The summed E-state index contributed by atoms with van der Waals surface area (Å²) in [4.78, 5) is 18.2. The first-order valence-electron chi connectivity index (χ1n) is 17.2. The van der Waals surface area contributed by atoms with E-state index in [4.69, 9.17) is 0 Å². The first-order valence-corrected chi connectivity index (χ1v) is 17.2. The van der Waals surface area contributed by atoms with Crippen LogP contribution in [0.3, 0.4) is 0 Å². The van der Waals surface area contributed by atoms with Crippen molar-refractivity contribution in [3.8, 4) is 0 Å². The van der Waals surface area contributed by atoms with Gasteiger partial charge < -0.3 is 9.80 Å². The zero-order valence-corrected chi connectivity index (χ0v) is 29.1. The molecule has 2 fully saturated rings. The highest BCUT2D eigenvalue weighted by atomic mass is 16.2. The summed E-state index contributed by atoms with van der Waals surface area (Å²) in [6.07, 6.45) is 15.7. The second kappa shape index (κ2) is 16.8. The molecule has 0 aliphatic carbocycles. The van der Waals surface area contributed by atoms with Crippen LogP contribution in [0.4, 0.5) is 4.79 Å². The van der Waals surface area contributed by atoms with Gasteiger partial charge in [-0.05, 0) is 89.0 Å². The van der Waals surface area contributed by atoms with Gasteiger partial charge in [0.25, 0.3) is 0 Å². The van der Waals surface area contributed by atoms with E-state index in [1.165, 1.54) is 49.7 Å². The van der Waals surface area contributed by atoms with Gasteiger partial charge in [0.1, 0.15) is 0 Å². The highest BCUT2D eigenvalue weighted by molar-refractivity contribution is 6.03. The summed E-state index contributed by atoms with van der Waals surface area (Å²) in [5, 5.41) is 9.35. The number of nitrogens with one attached hydrogen (secondary N) is 2. The Kier molecular flexibility index (Phi) is 12.9.